The van der Waals surface area contributed by atoms with Gasteiger partial charge in [-0.05, 0) is 37.6 Å². The number of nitrogens with zero attached hydrogens (tertiary/aromatic N) is 3. The van der Waals surface area contributed by atoms with Crippen molar-refractivity contribution in [2.45, 2.75) is 13.8 Å². The van der Waals surface area contributed by atoms with Gasteiger partial charge < -0.3 is 8.83 Å². The predicted molar refractivity (Wildman–Crippen MR) is 147 cm³/mol. The Morgan fingerprint density at radius 1 is 0.921 bits per heavy atom. The second-order valence-corrected chi connectivity index (χ2v) is 9.12. The molecule has 38 heavy (non-hydrogen) atoms. The minimum atomic E-state index is -0.512. The number of halogens is 1. The molecular weight excluding hydrogens is 502 g/mol. The number of aryl methyl sites for hydroxylation is 2. The van der Waals surface area contributed by atoms with Crippen molar-refractivity contribution in [1.29, 1.82) is 5.26 Å². The van der Waals surface area contributed by atoms with E-state index in [0.29, 0.717) is 34.0 Å². The molecule has 0 unspecified atom stereocenters. The fraction of sp³-hybridized carbons (Fsp3) is 0.0667. The lowest BCUT2D eigenvalue weighted by atomic mass is 9.97. The van der Waals surface area contributed by atoms with E-state index in [1.54, 1.807) is 12.1 Å². The zero-order chi connectivity index (χ0) is 26.8. The van der Waals surface area contributed by atoms with E-state index < -0.39 is 4.92 Å². The number of rotatable bonds is 6. The summed E-state index contributed by atoms with van der Waals surface area (Å²) in [7, 11) is 0. The molecule has 0 atom stereocenters. The molecule has 0 aliphatic carbocycles. The smallest absolute Gasteiger partial charge is 0.270 e. The van der Waals surface area contributed by atoms with Gasteiger partial charge in [-0.2, -0.15) is 5.26 Å². The van der Waals surface area contributed by atoms with Crippen molar-refractivity contribution >= 4 is 29.4 Å². The first-order chi connectivity index (χ1) is 18.3. The summed E-state index contributed by atoms with van der Waals surface area (Å²) < 4.78 is 12.0. The van der Waals surface area contributed by atoms with Crippen molar-refractivity contribution in [3.8, 4) is 39.8 Å². The van der Waals surface area contributed by atoms with E-state index in [9.17, 15) is 15.4 Å². The summed E-state index contributed by atoms with van der Waals surface area (Å²) >= 11 is 6.24. The second kappa shape index (κ2) is 10.2. The Kier molecular flexibility index (Phi) is 6.65. The summed E-state index contributed by atoms with van der Waals surface area (Å²) in [5, 5.41) is 21.3. The number of nitro groups is 1. The molecule has 0 aliphatic heterocycles. The average molecular weight is 522 g/mol. The lowest BCUT2D eigenvalue weighted by molar-refractivity contribution is -0.384. The zero-order valence-corrected chi connectivity index (χ0v) is 21.2. The summed E-state index contributed by atoms with van der Waals surface area (Å²) in [5.41, 5.74) is 5.27. The quantitative estimate of drug-likeness (QED) is 0.126. The molecule has 186 valence electrons. The number of non-ortho nitro benzene ring substituents is 1. The van der Waals surface area contributed by atoms with E-state index in [1.807, 2.05) is 62.4 Å². The Morgan fingerprint density at radius 3 is 2.18 bits per heavy atom. The van der Waals surface area contributed by atoms with Crippen LogP contribution in [0.15, 0.2) is 92.7 Å². The van der Waals surface area contributed by atoms with E-state index in [1.165, 1.54) is 24.4 Å². The van der Waals surface area contributed by atoms with E-state index in [2.05, 4.69) is 11.1 Å². The fourth-order valence-electron chi connectivity index (χ4n) is 4.02. The van der Waals surface area contributed by atoms with Crippen LogP contribution in [0.5, 0.6) is 0 Å². The Hall–Kier alpha value is -4.93. The first-order valence-corrected chi connectivity index (χ1v) is 12.0. The van der Waals surface area contributed by atoms with E-state index >= 15 is 0 Å². The van der Waals surface area contributed by atoms with Crippen LogP contribution in [0.25, 0.3) is 33.8 Å². The van der Waals surface area contributed by atoms with Gasteiger partial charge in [-0.25, -0.2) is 4.99 Å². The van der Waals surface area contributed by atoms with Crippen molar-refractivity contribution < 1.29 is 13.8 Å². The first-order valence-electron chi connectivity index (χ1n) is 11.6. The Morgan fingerprint density at radius 2 is 1.58 bits per heavy atom. The molecule has 0 aliphatic rings. The molecule has 0 fully saturated rings. The predicted octanol–water partition coefficient (Wildman–Crippen LogP) is 8.67. The molecule has 7 nitrogen and oxygen atoms in total. The molecular formula is C30H20ClN3O4. The maximum absolute atomic E-state index is 11.0. The van der Waals surface area contributed by atoms with Gasteiger partial charge in [0.25, 0.3) is 5.69 Å². The van der Waals surface area contributed by atoms with Crippen LogP contribution in [-0.2, 0) is 0 Å². The Bertz CT molecular complexity index is 1720. The number of nitro benzene ring substituents is 1. The number of hydrogen-bond acceptors (Lipinski definition) is 6. The molecule has 0 spiro atoms. The maximum Gasteiger partial charge on any atom is 0.270 e. The fourth-order valence-corrected chi connectivity index (χ4v) is 4.29. The Labute approximate surface area is 223 Å². The van der Waals surface area contributed by atoms with Crippen molar-refractivity contribution in [1.82, 2.24) is 0 Å². The summed E-state index contributed by atoms with van der Waals surface area (Å²) in [6.07, 6.45) is 1.46. The maximum atomic E-state index is 11.0. The summed E-state index contributed by atoms with van der Waals surface area (Å²) in [6.45, 7) is 4.01. The first kappa shape index (κ1) is 24.8. The summed E-state index contributed by atoms with van der Waals surface area (Å²) in [6, 6.07) is 25.6. The van der Waals surface area contributed by atoms with Gasteiger partial charge in [0.15, 0.2) is 0 Å². The van der Waals surface area contributed by atoms with Crippen LogP contribution in [-0.4, -0.2) is 11.1 Å². The highest BCUT2D eigenvalue weighted by Gasteiger charge is 2.23. The monoisotopic (exact) mass is 521 g/mol. The Balaban J connectivity index is 1.54. The van der Waals surface area contributed by atoms with Gasteiger partial charge in [0.1, 0.15) is 28.9 Å². The van der Waals surface area contributed by atoms with Gasteiger partial charge in [-0.3, -0.25) is 10.1 Å². The van der Waals surface area contributed by atoms with Gasteiger partial charge in [-0.1, -0.05) is 71.3 Å². The highest BCUT2D eigenvalue weighted by atomic mass is 35.5. The number of benzene rings is 3. The van der Waals surface area contributed by atoms with Crippen LogP contribution in [0.4, 0.5) is 11.6 Å². The minimum Gasteiger partial charge on any atom is -0.455 e. The van der Waals surface area contributed by atoms with E-state index in [4.69, 9.17) is 20.4 Å². The summed E-state index contributed by atoms with van der Waals surface area (Å²) in [4.78, 5) is 14.9. The standard InChI is InChI=1S/C30H20ClN3O4/c1-18-3-7-20(8-4-18)28-25(16-32)30(38-29(28)21-9-5-19(2)6-10-21)33-17-23-12-14-27(37-23)24-13-11-22(34(35)36)15-26(24)31/h3-15,17H,1-2H3. The van der Waals surface area contributed by atoms with Gasteiger partial charge in [0, 0.05) is 28.8 Å². The largest absolute Gasteiger partial charge is 0.455 e. The van der Waals surface area contributed by atoms with Crippen LogP contribution < -0.4 is 0 Å². The van der Waals surface area contributed by atoms with Crippen LogP contribution in [0, 0.1) is 35.3 Å². The molecule has 0 radical (unpaired) electrons. The summed E-state index contributed by atoms with van der Waals surface area (Å²) in [5.74, 6) is 1.52. The minimum absolute atomic E-state index is 0.109. The van der Waals surface area contributed by atoms with Crippen molar-refractivity contribution in [3.05, 3.63) is 116 Å². The third kappa shape index (κ3) is 4.85. The van der Waals surface area contributed by atoms with Gasteiger partial charge >= 0.3 is 0 Å². The number of furan rings is 2. The topological polar surface area (TPSA) is 106 Å². The average Bonchev–Trinajstić information content (AvgIpc) is 3.53. The molecule has 2 heterocycles. The molecule has 0 saturated heterocycles. The van der Waals surface area contributed by atoms with Crippen LogP contribution in [0.2, 0.25) is 5.02 Å². The number of aliphatic imine (C=N–C) groups is 1. The molecule has 0 amide bonds. The lowest BCUT2D eigenvalue weighted by Gasteiger charge is -2.05. The molecule has 5 rings (SSSR count). The van der Waals surface area contributed by atoms with Crippen molar-refractivity contribution in [2.75, 3.05) is 0 Å². The second-order valence-electron chi connectivity index (χ2n) is 8.71. The third-order valence-corrected chi connectivity index (χ3v) is 6.33. The molecule has 2 aromatic heterocycles. The molecule has 3 aromatic carbocycles. The molecule has 8 heteroatoms. The number of hydrogen-bond donors (Lipinski definition) is 0. The van der Waals surface area contributed by atoms with Gasteiger partial charge in [-0.15, -0.1) is 0 Å². The van der Waals surface area contributed by atoms with Gasteiger partial charge in [0.05, 0.1) is 16.2 Å². The number of nitriles is 1. The molecule has 0 N–H and O–H groups in total. The highest BCUT2D eigenvalue weighted by Crippen LogP contribution is 2.42. The SMILES string of the molecule is Cc1ccc(-c2oc(N=Cc3ccc(-c4ccc([N+](=O)[O-])cc4Cl)o3)c(C#N)c2-c2ccc(C)cc2)cc1. The van der Waals surface area contributed by atoms with Crippen LogP contribution in [0.1, 0.15) is 22.5 Å². The van der Waals surface area contributed by atoms with E-state index in [-0.39, 0.29) is 16.6 Å². The normalized spacial score (nSPS) is 11.1. The zero-order valence-electron chi connectivity index (χ0n) is 20.4. The third-order valence-electron chi connectivity index (χ3n) is 6.02. The van der Waals surface area contributed by atoms with Crippen LogP contribution >= 0.6 is 11.6 Å². The van der Waals surface area contributed by atoms with Crippen molar-refractivity contribution in [2.24, 2.45) is 4.99 Å². The lowest BCUT2D eigenvalue weighted by Crippen LogP contribution is -1.88. The van der Waals surface area contributed by atoms with Gasteiger partial charge in [0.2, 0.25) is 5.88 Å². The van der Waals surface area contributed by atoms with Crippen LogP contribution in [0.3, 0.4) is 0 Å². The molecule has 5 aromatic rings. The molecule has 0 bridgehead atoms. The molecule has 0 saturated carbocycles. The van der Waals surface area contributed by atoms with E-state index in [0.717, 1.165) is 22.3 Å². The highest BCUT2D eigenvalue weighted by molar-refractivity contribution is 6.33. The van der Waals surface area contributed by atoms with Crippen molar-refractivity contribution in [3.63, 3.8) is 0 Å².